The molecule has 4 aromatic carbocycles. The van der Waals surface area contributed by atoms with E-state index >= 15 is 0 Å². The van der Waals surface area contributed by atoms with Gasteiger partial charge in [-0.1, -0.05) is 111 Å². The lowest BCUT2D eigenvalue weighted by Crippen LogP contribution is -2.48. The maximum absolute atomic E-state index is 11.2. The van der Waals surface area contributed by atoms with Gasteiger partial charge in [0, 0.05) is 22.7 Å². The number of hydrogen-bond donors (Lipinski definition) is 1. The second-order valence-corrected chi connectivity index (χ2v) is 16.9. The van der Waals surface area contributed by atoms with E-state index in [2.05, 4.69) is 154 Å². The van der Waals surface area contributed by atoms with Crippen molar-refractivity contribution >= 4 is 11.0 Å². The fourth-order valence-corrected chi connectivity index (χ4v) is 7.96. The van der Waals surface area contributed by atoms with Crippen molar-refractivity contribution in [1.29, 1.82) is 0 Å². The lowest BCUT2D eigenvalue weighted by Gasteiger charge is -2.48. The number of aromatic hydroxyl groups is 1. The van der Waals surface area contributed by atoms with E-state index in [0.29, 0.717) is 11.8 Å². The van der Waals surface area contributed by atoms with E-state index in [4.69, 9.17) is 9.97 Å². The summed E-state index contributed by atoms with van der Waals surface area (Å²) < 4.78 is 2.35. The van der Waals surface area contributed by atoms with E-state index in [9.17, 15) is 5.11 Å². The molecule has 0 atom stereocenters. The van der Waals surface area contributed by atoms with E-state index in [-0.39, 0.29) is 22.1 Å². The van der Waals surface area contributed by atoms with Gasteiger partial charge in [0.05, 0.1) is 27.8 Å². The number of nitrogens with zero attached hydrogens (tertiary/aromatic N) is 3. The number of hydrogen-bond acceptors (Lipinski definition) is 3. The van der Waals surface area contributed by atoms with Crippen LogP contribution in [0.25, 0.3) is 55.9 Å². The number of imidazole rings is 1. The minimum Gasteiger partial charge on any atom is -0.507 e. The smallest absolute Gasteiger partial charge is 0.145 e. The van der Waals surface area contributed by atoms with Crippen LogP contribution in [0.5, 0.6) is 5.75 Å². The van der Waals surface area contributed by atoms with Crippen molar-refractivity contribution in [3.05, 3.63) is 113 Å². The molecule has 4 heteroatoms. The van der Waals surface area contributed by atoms with Crippen molar-refractivity contribution in [2.45, 2.75) is 104 Å². The van der Waals surface area contributed by atoms with Gasteiger partial charge < -0.3 is 9.67 Å². The molecule has 0 bridgehead atoms. The van der Waals surface area contributed by atoms with Gasteiger partial charge in [0.1, 0.15) is 11.6 Å². The van der Waals surface area contributed by atoms with E-state index in [1.807, 2.05) is 12.3 Å². The molecule has 0 saturated carbocycles. The molecule has 6 aromatic rings. The molecule has 0 fully saturated rings. The van der Waals surface area contributed by atoms with Gasteiger partial charge in [0.15, 0.2) is 0 Å². The summed E-state index contributed by atoms with van der Waals surface area (Å²) in [5, 5.41) is 11.2. The summed E-state index contributed by atoms with van der Waals surface area (Å²) in [5.41, 5.74) is 14.1. The average Bonchev–Trinajstić information content (AvgIpc) is 3.47. The van der Waals surface area contributed by atoms with E-state index in [1.165, 1.54) is 27.8 Å². The van der Waals surface area contributed by atoms with E-state index in [0.717, 1.165) is 50.4 Å². The minimum absolute atomic E-state index is 0.0878. The van der Waals surface area contributed by atoms with Crippen molar-refractivity contribution in [3.63, 3.8) is 0 Å². The lowest BCUT2D eigenvalue weighted by molar-refractivity contribution is 0.201. The number of phenolic OH excluding ortho intramolecular Hbond substituents is 1. The molecule has 0 aliphatic carbocycles. The second kappa shape index (κ2) is 11.7. The van der Waals surface area contributed by atoms with Crippen molar-refractivity contribution in [2.24, 2.45) is 0 Å². The second-order valence-electron chi connectivity index (χ2n) is 16.9. The first-order chi connectivity index (χ1) is 23.5. The first-order valence-corrected chi connectivity index (χ1v) is 18.1. The fourth-order valence-electron chi connectivity index (χ4n) is 7.96. The Hall–Kier alpha value is -4.70. The summed E-state index contributed by atoms with van der Waals surface area (Å²) in [7, 11) is 0. The topological polar surface area (TPSA) is 50.9 Å². The van der Waals surface area contributed by atoms with E-state index in [1.54, 1.807) is 6.07 Å². The van der Waals surface area contributed by atoms with Crippen LogP contribution in [-0.4, -0.2) is 19.6 Å². The van der Waals surface area contributed by atoms with Crippen LogP contribution in [0.2, 0.25) is 0 Å². The molecular weight excluding hydrogens is 611 g/mol. The van der Waals surface area contributed by atoms with E-state index < -0.39 is 0 Å². The van der Waals surface area contributed by atoms with Gasteiger partial charge in [-0.05, 0) is 106 Å². The number of rotatable bonds is 5. The summed E-state index contributed by atoms with van der Waals surface area (Å²) in [5.74, 6) is 1.90. The van der Waals surface area contributed by atoms with Gasteiger partial charge in [0.25, 0.3) is 0 Å². The normalized spacial score (nSPS) is 15.1. The molecule has 7 rings (SSSR count). The highest BCUT2D eigenvalue weighted by atomic mass is 16.3. The highest BCUT2D eigenvalue weighted by Gasteiger charge is 2.48. The van der Waals surface area contributed by atoms with Crippen LogP contribution in [0.1, 0.15) is 110 Å². The molecule has 2 aromatic heterocycles. The predicted octanol–water partition coefficient (Wildman–Crippen LogP) is 12.4. The maximum Gasteiger partial charge on any atom is 0.145 e. The highest BCUT2D eigenvalue weighted by Crippen LogP contribution is 2.54. The Morgan fingerprint density at radius 2 is 1.34 bits per heavy atom. The Morgan fingerprint density at radius 1 is 0.700 bits per heavy atom. The molecule has 0 unspecified atom stereocenters. The molecule has 50 heavy (non-hydrogen) atoms. The van der Waals surface area contributed by atoms with Gasteiger partial charge in [-0.15, -0.1) is 0 Å². The molecule has 0 radical (unpaired) electrons. The van der Waals surface area contributed by atoms with Crippen LogP contribution in [0.15, 0.2) is 91.1 Å². The molecular formula is C46H51N3O. The fraction of sp³-hybridized carbons (Fsp3) is 0.348. The van der Waals surface area contributed by atoms with Crippen molar-refractivity contribution < 1.29 is 5.11 Å². The molecule has 0 amide bonds. The van der Waals surface area contributed by atoms with Crippen molar-refractivity contribution in [2.75, 3.05) is 0 Å². The van der Waals surface area contributed by atoms with Gasteiger partial charge in [-0.25, -0.2) is 4.98 Å². The average molecular weight is 662 g/mol. The summed E-state index contributed by atoms with van der Waals surface area (Å²) >= 11 is 0. The van der Waals surface area contributed by atoms with Crippen LogP contribution in [0, 0.1) is 0 Å². The molecule has 1 N–H and O–H groups in total. The maximum atomic E-state index is 11.2. The summed E-state index contributed by atoms with van der Waals surface area (Å²) in [4.78, 5) is 10.4. The number of benzene rings is 4. The summed E-state index contributed by atoms with van der Waals surface area (Å²) in [6.45, 7) is 25.0. The number of phenols is 1. The summed E-state index contributed by atoms with van der Waals surface area (Å²) in [6.07, 6.45) is 1.97. The Kier molecular flexibility index (Phi) is 7.90. The van der Waals surface area contributed by atoms with Crippen LogP contribution >= 0.6 is 0 Å². The Morgan fingerprint density at radius 3 is 2.00 bits per heavy atom. The standard InChI is InChI=1S/C46H51N3O/c1-27(2)33-15-12-16-34(28(3)4)40(33)29-21-22-47-37(26-29)31-23-30(24-32(25-31)44(5,6)7)35-17-13-19-38-42(35)48-43-41-36(18-14-20-39(41)50)45(8,9)46(10,11)49(38)43/h12-28,50H,1-11H3. The van der Waals surface area contributed by atoms with Crippen molar-refractivity contribution in [1.82, 2.24) is 14.5 Å². The van der Waals surface area contributed by atoms with Crippen LogP contribution in [0.3, 0.4) is 0 Å². The molecule has 4 nitrogen and oxygen atoms in total. The molecule has 0 spiro atoms. The third-order valence-electron chi connectivity index (χ3n) is 11.5. The molecule has 3 heterocycles. The zero-order valence-electron chi connectivity index (χ0n) is 31.6. The first-order valence-electron chi connectivity index (χ1n) is 18.1. The summed E-state index contributed by atoms with van der Waals surface area (Å²) in [6, 6.07) is 30.5. The van der Waals surface area contributed by atoms with Gasteiger partial charge in [-0.2, -0.15) is 0 Å². The van der Waals surface area contributed by atoms with Gasteiger partial charge in [-0.3, -0.25) is 4.98 Å². The van der Waals surface area contributed by atoms with Gasteiger partial charge >= 0.3 is 0 Å². The Bertz CT molecular complexity index is 2250. The SMILES string of the molecule is CC(C)c1cccc(C(C)C)c1-c1ccnc(-c2cc(-c3cccc4c3nc3n4C(C)(C)C(C)(C)c4cccc(O)c4-3)cc(C(C)(C)C)c2)c1. The van der Waals surface area contributed by atoms with Crippen LogP contribution in [0.4, 0.5) is 0 Å². The van der Waals surface area contributed by atoms with Crippen molar-refractivity contribution in [3.8, 4) is 50.6 Å². The predicted molar refractivity (Wildman–Crippen MR) is 210 cm³/mol. The third-order valence-corrected chi connectivity index (χ3v) is 11.5. The minimum atomic E-state index is -0.305. The number of fused-ring (bicyclic) bond motifs is 5. The van der Waals surface area contributed by atoms with Crippen LogP contribution < -0.4 is 0 Å². The Balaban J connectivity index is 1.46. The van der Waals surface area contributed by atoms with Gasteiger partial charge in [0.2, 0.25) is 0 Å². The van der Waals surface area contributed by atoms with Crippen LogP contribution in [-0.2, 0) is 16.4 Å². The highest BCUT2D eigenvalue weighted by molar-refractivity contribution is 5.97. The number of para-hydroxylation sites is 1. The Labute approximate surface area is 298 Å². The largest absolute Gasteiger partial charge is 0.507 e. The lowest BCUT2D eigenvalue weighted by atomic mass is 9.65. The monoisotopic (exact) mass is 661 g/mol. The molecule has 1 aliphatic heterocycles. The molecule has 1 aliphatic rings. The number of pyridine rings is 1. The quantitative estimate of drug-likeness (QED) is 0.200. The zero-order chi connectivity index (χ0) is 35.9. The zero-order valence-corrected chi connectivity index (χ0v) is 31.6. The first kappa shape index (κ1) is 33.8. The third kappa shape index (κ3) is 5.18. The molecule has 0 saturated heterocycles. The number of aromatic nitrogens is 3. The molecule has 256 valence electrons.